The third kappa shape index (κ3) is 4.93. The molecule has 8 nitrogen and oxygen atoms in total. The average Bonchev–Trinajstić information content (AvgIpc) is 3.19. The molecule has 0 spiro atoms. The lowest BCUT2D eigenvalue weighted by Gasteiger charge is -2.15. The monoisotopic (exact) mass is 467 g/mol. The Hall–Kier alpha value is -3.98. The number of hydrogen-bond acceptors (Lipinski definition) is 6. The lowest BCUT2D eigenvalue weighted by atomic mass is 10.2. The number of cyclic esters (lactones) is 1. The van der Waals surface area contributed by atoms with E-state index in [9.17, 15) is 14.0 Å². The fourth-order valence-electron chi connectivity index (χ4n) is 3.31. The number of carbonyl (C=O) groups is 1. The van der Waals surface area contributed by atoms with Gasteiger partial charge in [-0.25, -0.2) is 13.9 Å². The van der Waals surface area contributed by atoms with E-state index in [0.29, 0.717) is 22.9 Å². The second kappa shape index (κ2) is 9.25. The predicted molar refractivity (Wildman–Crippen MR) is 125 cm³/mol. The summed E-state index contributed by atoms with van der Waals surface area (Å²) in [6.07, 6.45) is 2.27. The van der Waals surface area contributed by atoms with Crippen LogP contribution < -0.4 is 15.6 Å². The van der Waals surface area contributed by atoms with Gasteiger partial charge in [0, 0.05) is 28.7 Å². The number of nitrogens with zero attached hydrogens (tertiary/aromatic N) is 3. The lowest BCUT2D eigenvalue weighted by molar-refractivity contribution is 0.181. The Morgan fingerprint density at radius 1 is 1.24 bits per heavy atom. The number of allylic oxidation sites excluding steroid dienone is 1. The molecule has 0 saturated carbocycles. The van der Waals surface area contributed by atoms with E-state index in [1.54, 1.807) is 37.3 Å². The molecule has 0 aliphatic carbocycles. The van der Waals surface area contributed by atoms with Gasteiger partial charge in [-0.15, -0.1) is 0 Å². The van der Waals surface area contributed by atoms with Crippen molar-refractivity contribution in [3.05, 3.63) is 87.6 Å². The quantitative estimate of drug-likeness (QED) is 0.521. The van der Waals surface area contributed by atoms with E-state index in [-0.39, 0.29) is 29.4 Å². The van der Waals surface area contributed by atoms with Crippen LogP contribution in [0.4, 0.5) is 20.6 Å². The van der Waals surface area contributed by atoms with Crippen LogP contribution in [0.1, 0.15) is 12.6 Å². The number of aromatic nitrogens is 2. The Bertz CT molecular complexity index is 1340. The zero-order valence-electron chi connectivity index (χ0n) is 17.5. The average molecular weight is 468 g/mol. The van der Waals surface area contributed by atoms with Crippen molar-refractivity contribution in [2.45, 2.75) is 6.92 Å². The number of hydrogen-bond donors (Lipinski definition) is 2. The van der Waals surface area contributed by atoms with Crippen LogP contribution in [0.3, 0.4) is 0 Å². The third-order valence-electron chi connectivity index (χ3n) is 4.78. The van der Waals surface area contributed by atoms with Crippen molar-refractivity contribution in [2.75, 3.05) is 23.4 Å². The molecule has 33 heavy (non-hydrogen) atoms. The van der Waals surface area contributed by atoms with Gasteiger partial charge < -0.3 is 15.5 Å². The Morgan fingerprint density at radius 3 is 2.73 bits per heavy atom. The Morgan fingerprint density at radius 2 is 2.06 bits per heavy atom. The first-order valence-electron chi connectivity index (χ1n) is 9.96. The maximum Gasteiger partial charge on any atom is 0.414 e. The molecule has 0 unspecified atom stereocenters. The molecule has 0 bridgehead atoms. The summed E-state index contributed by atoms with van der Waals surface area (Å²) in [4.78, 5) is 25.7. The SMILES string of the molecule is CC(=N)/C=C(\Nc1cccc(Cl)c1)c1nn(-c2ccc(N3CCOC3=O)cc2F)ccc1=O. The first-order valence-corrected chi connectivity index (χ1v) is 10.3. The molecule has 1 saturated heterocycles. The number of anilines is 2. The molecule has 2 N–H and O–H groups in total. The van der Waals surface area contributed by atoms with E-state index in [1.807, 2.05) is 0 Å². The molecule has 2 aromatic carbocycles. The number of amides is 1. The van der Waals surface area contributed by atoms with Crippen LogP contribution in [-0.4, -0.2) is 34.7 Å². The van der Waals surface area contributed by atoms with Crippen LogP contribution in [0.15, 0.2) is 65.6 Å². The highest BCUT2D eigenvalue weighted by atomic mass is 35.5. The Labute approximate surface area is 193 Å². The summed E-state index contributed by atoms with van der Waals surface area (Å²) in [5.74, 6) is -0.633. The molecule has 1 aliphatic heterocycles. The molecule has 4 rings (SSSR count). The van der Waals surface area contributed by atoms with E-state index in [1.165, 1.54) is 40.1 Å². The van der Waals surface area contributed by atoms with Gasteiger partial charge in [0.1, 0.15) is 12.3 Å². The largest absolute Gasteiger partial charge is 0.447 e. The maximum atomic E-state index is 15.0. The van der Waals surface area contributed by atoms with E-state index in [4.69, 9.17) is 21.7 Å². The molecule has 10 heteroatoms. The lowest BCUT2D eigenvalue weighted by Crippen LogP contribution is -2.23. The summed E-state index contributed by atoms with van der Waals surface area (Å²) in [7, 11) is 0. The first kappa shape index (κ1) is 22.2. The van der Waals surface area contributed by atoms with Crippen LogP contribution in [0.5, 0.6) is 0 Å². The van der Waals surface area contributed by atoms with Gasteiger partial charge in [-0.3, -0.25) is 9.69 Å². The van der Waals surface area contributed by atoms with Crippen molar-refractivity contribution in [2.24, 2.45) is 0 Å². The molecule has 1 aromatic heterocycles. The second-order valence-electron chi connectivity index (χ2n) is 7.25. The number of nitrogens with one attached hydrogen (secondary N) is 2. The number of halogens is 2. The minimum Gasteiger partial charge on any atom is -0.447 e. The topological polar surface area (TPSA) is 100 Å². The van der Waals surface area contributed by atoms with E-state index in [2.05, 4.69) is 10.4 Å². The molecule has 1 amide bonds. The van der Waals surface area contributed by atoms with Crippen LogP contribution >= 0.6 is 11.6 Å². The van der Waals surface area contributed by atoms with E-state index in [0.717, 1.165) is 0 Å². The standard InChI is InChI=1S/C23H19ClFN5O3/c1-14(26)11-19(27-16-4-2-3-15(24)12-16)22-21(31)7-8-30(28-22)20-6-5-17(13-18(20)25)29-9-10-33-23(29)32/h2-8,11-13,26-27H,9-10H2,1H3/b19-11-,26-14?. The summed E-state index contributed by atoms with van der Waals surface area (Å²) < 4.78 is 21.1. The predicted octanol–water partition coefficient (Wildman–Crippen LogP) is 4.47. The summed E-state index contributed by atoms with van der Waals surface area (Å²) in [6.45, 7) is 2.14. The van der Waals surface area contributed by atoms with Crippen LogP contribution in [0, 0.1) is 11.2 Å². The number of carbonyl (C=O) groups excluding carboxylic acids is 1. The fourth-order valence-corrected chi connectivity index (χ4v) is 3.50. The van der Waals surface area contributed by atoms with Gasteiger partial charge in [0.15, 0.2) is 11.5 Å². The molecule has 2 heterocycles. The molecule has 1 fully saturated rings. The molecule has 168 valence electrons. The summed E-state index contributed by atoms with van der Waals surface area (Å²) >= 11 is 6.05. The summed E-state index contributed by atoms with van der Waals surface area (Å²) in [5, 5.41) is 15.7. The van der Waals surface area contributed by atoms with Gasteiger partial charge >= 0.3 is 6.09 Å². The molecule has 3 aromatic rings. The van der Waals surface area contributed by atoms with Crippen LogP contribution in [-0.2, 0) is 4.74 Å². The van der Waals surface area contributed by atoms with Gasteiger partial charge in [-0.05, 0) is 49.4 Å². The number of ether oxygens (including phenoxy) is 1. The zero-order valence-corrected chi connectivity index (χ0v) is 18.3. The minimum absolute atomic E-state index is 0.00401. The first-order chi connectivity index (χ1) is 15.8. The van der Waals surface area contributed by atoms with Crippen molar-refractivity contribution in [1.82, 2.24) is 9.78 Å². The smallest absolute Gasteiger partial charge is 0.414 e. The summed E-state index contributed by atoms with van der Waals surface area (Å²) in [5.41, 5.74) is 1.08. The molecule has 1 aliphatic rings. The third-order valence-corrected chi connectivity index (χ3v) is 5.01. The van der Waals surface area contributed by atoms with Crippen molar-refractivity contribution >= 4 is 40.5 Å². The van der Waals surface area contributed by atoms with E-state index < -0.39 is 17.3 Å². The Kier molecular flexibility index (Phi) is 6.23. The maximum absolute atomic E-state index is 15.0. The molecular weight excluding hydrogens is 449 g/mol. The van der Waals surface area contributed by atoms with Gasteiger partial charge in [-0.2, -0.15) is 5.10 Å². The van der Waals surface area contributed by atoms with Gasteiger partial charge in [0.25, 0.3) is 0 Å². The second-order valence-corrected chi connectivity index (χ2v) is 7.69. The highest BCUT2D eigenvalue weighted by molar-refractivity contribution is 6.30. The fraction of sp³-hybridized carbons (Fsp3) is 0.130. The highest BCUT2D eigenvalue weighted by Crippen LogP contribution is 2.24. The summed E-state index contributed by atoms with van der Waals surface area (Å²) in [6, 6.07) is 12.4. The number of benzene rings is 2. The van der Waals surface area contributed by atoms with Crippen molar-refractivity contribution in [1.29, 1.82) is 5.41 Å². The van der Waals surface area contributed by atoms with E-state index >= 15 is 0 Å². The minimum atomic E-state index is -0.633. The van der Waals surface area contributed by atoms with Gasteiger partial charge in [-0.1, -0.05) is 17.7 Å². The molecular formula is C23H19ClFN5O3. The van der Waals surface area contributed by atoms with Gasteiger partial charge in [0.2, 0.25) is 5.43 Å². The van der Waals surface area contributed by atoms with Crippen molar-refractivity contribution in [3.8, 4) is 5.69 Å². The normalized spacial score (nSPS) is 13.7. The Balaban J connectivity index is 1.72. The van der Waals surface area contributed by atoms with Crippen LogP contribution in [0.25, 0.3) is 11.4 Å². The van der Waals surface area contributed by atoms with Gasteiger partial charge in [0.05, 0.1) is 17.9 Å². The number of rotatable bonds is 6. The molecule has 0 radical (unpaired) electrons. The molecule has 0 atom stereocenters. The zero-order chi connectivity index (χ0) is 23.5. The van der Waals surface area contributed by atoms with Crippen LogP contribution in [0.2, 0.25) is 5.02 Å². The van der Waals surface area contributed by atoms with Crippen molar-refractivity contribution < 1.29 is 13.9 Å². The van der Waals surface area contributed by atoms with Crippen molar-refractivity contribution in [3.63, 3.8) is 0 Å². The highest BCUT2D eigenvalue weighted by Gasteiger charge is 2.24.